The molecule has 0 amide bonds. The summed E-state index contributed by atoms with van der Waals surface area (Å²) in [6, 6.07) is 7.87. The van der Waals surface area contributed by atoms with Crippen LogP contribution in [0.2, 0.25) is 0 Å². The smallest absolute Gasteiger partial charge is 0.119 e. The van der Waals surface area contributed by atoms with Crippen molar-refractivity contribution in [3.8, 4) is 5.75 Å². The van der Waals surface area contributed by atoms with Crippen LogP contribution in [-0.4, -0.2) is 29.8 Å². The summed E-state index contributed by atoms with van der Waals surface area (Å²) < 4.78 is 5.26. The first kappa shape index (κ1) is 13.6. The minimum absolute atomic E-state index is 0.0520. The number of aryl methyl sites for hydroxylation is 1. The van der Waals surface area contributed by atoms with Crippen LogP contribution >= 0.6 is 0 Å². The van der Waals surface area contributed by atoms with Gasteiger partial charge in [-0.1, -0.05) is 6.92 Å². The summed E-state index contributed by atoms with van der Waals surface area (Å²) in [5.41, 5.74) is 2.87. The molecule has 0 fully saturated rings. The van der Waals surface area contributed by atoms with Gasteiger partial charge in [0.25, 0.3) is 0 Å². The largest absolute Gasteiger partial charge is 0.497 e. The Morgan fingerprint density at radius 3 is 2.79 bits per heavy atom. The van der Waals surface area contributed by atoms with Crippen LogP contribution in [0.5, 0.6) is 5.75 Å². The van der Waals surface area contributed by atoms with Crippen molar-refractivity contribution in [3.63, 3.8) is 0 Å². The third-order valence-electron chi connectivity index (χ3n) is 3.22. The van der Waals surface area contributed by atoms with Gasteiger partial charge in [0.15, 0.2) is 0 Å². The normalized spacial score (nSPS) is 12.4. The Bertz CT molecular complexity index is 565. The number of nitrogens with zero attached hydrogens (tertiary/aromatic N) is 1. The monoisotopic (exact) mass is 260 g/mol. The summed E-state index contributed by atoms with van der Waals surface area (Å²) in [5, 5.41) is 13.7. The highest BCUT2D eigenvalue weighted by Gasteiger charge is 2.09. The first-order chi connectivity index (χ1) is 9.17. The van der Waals surface area contributed by atoms with E-state index in [1.165, 1.54) is 0 Å². The molecule has 2 aromatic rings. The molecule has 102 valence electrons. The molecule has 0 radical (unpaired) electrons. The molecule has 0 saturated heterocycles. The highest BCUT2D eigenvalue weighted by molar-refractivity contribution is 5.92. The summed E-state index contributed by atoms with van der Waals surface area (Å²) in [7, 11) is 1.65. The number of aliphatic hydroxyl groups is 1. The lowest BCUT2D eigenvalue weighted by atomic mass is 10.1. The van der Waals surface area contributed by atoms with Crippen molar-refractivity contribution < 1.29 is 9.84 Å². The lowest BCUT2D eigenvalue weighted by molar-refractivity contribution is 0.272. The number of methoxy groups -OCH3 is 1. The molecule has 2 rings (SSSR count). The Labute approximate surface area is 113 Å². The second kappa shape index (κ2) is 5.89. The van der Waals surface area contributed by atoms with Crippen molar-refractivity contribution in [1.29, 1.82) is 0 Å². The molecule has 0 spiro atoms. The number of fused-ring (bicyclic) bond motifs is 1. The highest BCUT2D eigenvalue weighted by Crippen LogP contribution is 2.27. The van der Waals surface area contributed by atoms with Crippen molar-refractivity contribution in [3.05, 3.63) is 30.0 Å². The van der Waals surface area contributed by atoms with Gasteiger partial charge in [0.1, 0.15) is 5.75 Å². The van der Waals surface area contributed by atoms with Gasteiger partial charge in [0.05, 0.1) is 19.2 Å². The minimum Gasteiger partial charge on any atom is -0.497 e. The standard InChI is InChI=1S/C15H20N2O2/c1-4-11(9-18)17-15-7-10(2)16-14-6-5-12(19-3)8-13(14)15/h5-8,11,18H,4,9H2,1-3H3,(H,16,17). The van der Waals surface area contributed by atoms with Crippen LogP contribution in [0.4, 0.5) is 5.69 Å². The molecule has 0 aliphatic heterocycles. The molecule has 0 bridgehead atoms. The second-order valence-electron chi connectivity index (χ2n) is 4.63. The molecule has 0 aliphatic rings. The average molecular weight is 260 g/mol. The Morgan fingerprint density at radius 1 is 1.37 bits per heavy atom. The number of pyridine rings is 1. The SMILES string of the molecule is CCC(CO)Nc1cc(C)nc2ccc(OC)cc12. The van der Waals surface area contributed by atoms with Crippen LogP contribution < -0.4 is 10.1 Å². The summed E-state index contributed by atoms with van der Waals surface area (Å²) in [6.45, 7) is 4.13. The number of hydrogen-bond acceptors (Lipinski definition) is 4. The molecule has 0 saturated carbocycles. The highest BCUT2D eigenvalue weighted by atomic mass is 16.5. The fraction of sp³-hybridized carbons (Fsp3) is 0.400. The van der Waals surface area contributed by atoms with Crippen LogP contribution in [0.3, 0.4) is 0 Å². The van der Waals surface area contributed by atoms with E-state index in [2.05, 4.69) is 10.3 Å². The number of nitrogens with one attached hydrogen (secondary N) is 1. The van der Waals surface area contributed by atoms with Crippen LogP contribution in [0.1, 0.15) is 19.0 Å². The zero-order chi connectivity index (χ0) is 13.8. The molecule has 1 atom stereocenters. The fourth-order valence-electron chi connectivity index (χ4n) is 2.08. The number of anilines is 1. The molecule has 2 N–H and O–H groups in total. The Balaban J connectivity index is 2.50. The maximum absolute atomic E-state index is 9.33. The van der Waals surface area contributed by atoms with Crippen LogP contribution in [-0.2, 0) is 0 Å². The van der Waals surface area contributed by atoms with Gasteiger partial charge in [0, 0.05) is 22.8 Å². The maximum atomic E-state index is 9.33. The molecule has 19 heavy (non-hydrogen) atoms. The lowest BCUT2D eigenvalue weighted by Crippen LogP contribution is -2.22. The summed E-state index contributed by atoms with van der Waals surface area (Å²) in [6.07, 6.45) is 0.864. The molecule has 1 aromatic heterocycles. The van der Waals surface area contributed by atoms with Gasteiger partial charge in [-0.05, 0) is 37.6 Å². The van der Waals surface area contributed by atoms with E-state index in [1.807, 2.05) is 38.1 Å². The zero-order valence-electron chi connectivity index (χ0n) is 11.6. The predicted molar refractivity (Wildman–Crippen MR) is 77.8 cm³/mol. The van der Waals surface area contributed by atoms with Gasteiger partial charge in [0.2, 0.25) is 0 Å². The quantitative estimate of drug-likeness (QED) is 0.868. The molecular formula is C15H20N2O2. The number of rotatable bonds is 5. The van der Waals surface area contributed by atoms with Gasteiger partial charge < -0.3 is 15.2 Å². The number of aromatic nitrogens is 1. The first-order valence-corrected chi connectivity index (χ1v) is 6.50. The molecular weight excluding hydrogens is 240 g/mol. The van der Waals surface area contributed by atoms with Crippen LogP contribution in [0, 0.1) is 6.92 Å². The van der Waals surface area contributed by atoms with E-state index in [0.717, 1.165) is 34.5 Å². The van der Waals surface area contributed by atoms with E-state index in [9.17, 15) is 5.11 Å². The maximum Gasteiger partial charge on any atom is 0.119 e. The van der Waals surface area contributed by atoms with Crippen molar-refractivity contribution in [2.24, 2.45) is 0 Å². The van der Waals surface area contributed by atoms with Crippen LogP contribution in [0.25, 0.3) is 10.9 Å². The number of hydrogen-bond donors (Lipinski definition) is 2. The van der Waals surface area contributed by atoms with Crippen molar-refractivity contribution in [2.75, 3.05) is 19.0 Å². The Kier molecular flexibility index (Phi) is 4.22. The van der Waals surface area contributed by atoms with Gasteiger partial charge in [-0.2, -0.15) is 0 Å². The van der Waals surface area contributed by atoms with Gasteiger partial charge in [-0.15, -0.1) is 0 Å². The lowest BCUT2D eigenvalue weighted by Gasteiger charge is -2.18. The third kappa shape index (κ3) is 2.96. The van der Waals surface area contributed by atoms with Gasteiger partial charge in [-0.25, -0.2) is 0 Å². The number of aliphatic hydroxyl groups excluding tert-OH is 1. The fourth-order valence-corrected chi connectivity index (χ4v) is 2.08. The van der Waals surface area contributed by atoms with E-state index >= 15 is 0 Å². The molecule has 1 heterocycles. The van der Waals surface area contributed by atoms with Gasteiger partial charge in [-0.3, -0.25) is 4.98 Å². The number of benzene rings is 1. The minimum atomic E-state index is 0.0520. The predicted octanol–water partition coefficient (Wildman–Crippen LogP) is 2.73. The van der Waals surface area contributed by atoms with Crippen molar-refractivity contribution in [2.45, 2.75) is 26.3 Å². The molecule has 4 heteroatoms. The summed E-state index contributed by atoms with van der Waals surface area (Å²) in [5.74, 6) is 0.804. The van der Waals surface area contributed by atoms with E-state index in [-0.39, 0.29) is 12.6 Å². The average Bonchev–Trinajstić information content (AvgIpc) is 2.43. The summed E-state index contributed by atoms with van der Waals surface area (Å²) >= 11 is 0. The van der Waals surface area contributed by atoms with Crippen molar-refractivity contribution in [1.82, 2.24) is 4.98 Å². The van der Waals surface area contributed by atoms with E-state index in [4.69, 9.17) is 4.74 Å². The molecule has 1 unspecified atom stereocenters. The van der Waals surface area contributed by atoms with Crippen LogP contribution in [0.15, 0.2) is 24.3 Å². The van der Waals surface area contributed by atoms with Gasteiger partial charge >= 0.3 is 0 Å². The molecule has 0 aliphatic carbocycles. The second-order valence-corrected chi connectivity index (χ2v) is 4.63. The Hall–Kier alpha value is -1.81. The number of ether oxygens (including phenoxy) is 1. The first-order valence-electron chi connectivity index (χ1n) is 6.50. The Morgan fingerprint density at radius 2 is 2.16 bits per heavy atom. The zero-order valence-corrected chi connectivity index (χ0v) is 11.6. The third-order valence-corrected chi connectivity index (χ3v) is 3.22. The van der Waals surface area contributed by atoms with E-state index < -0.39 is 0 Å². The molecule has 1 aromatic carbocycles. The molecule has 4 nitrogen and oxygen atoms in total. The van der Waals surface area contributed by atoms with E-state index in [0.29, 0.717) is 0 Å². The van der Waals surface area contributed by atoms with Crippen molar-refractivity contribution >= 4 is 16.6 Å². The van der Waals surface area contributed by atoms with E-state index in [1.54, 1.807) is 7.11 Å². The topological polar surface area (TPSA) is 54.4 Å². The summed E-state index contributed by atoms with van der Waals surface area (Å²) in [4.78, 5) is 4.51.